The van der Waals surface area contributed by atoms with Crippen LogP contribution in [0.1, 0.15) is 35.4 Å². The van der Waals surface area contributed by atoms with Gasteiger partial charge in [-0.1, -0.05) is 29.6 Å². The highest BCUT2D eigenvalue weighted by molar-refractivity contribution is 6.36. The number of hydrogen-bond donors (Lipinski definition) is 1. The average molecular weight is 461 g/mol. The minimum atomic E-state index is -0.705. The van der Waals surface area contributed by atoms with E-state index in [0.29, 0.717) is 22.5 Å². The largest absolute Gasteiger partial charge is 0.452 e. The summed E-state index contributed by atoms with van der Waals surface area (Å²) in [6, 6.07) is 6.01. The molecule has 31 heavy (non-hydrogen) atoms. The number of amides is 1. The van der Waals surface area contributed by atoms with E-state index in [1.165, 1.54) is 24.4 Å². The highest BCUT2D eigenvalue weighted by atomic mass is 35.5. The maximum absolute atomic E-state index is 12.8. The van der Waals surface area contributed by atoms with Crippen LogP contribution in [0.4, 0.5) is 5.82 Å². The molecule has 0 aliphatic carbocycles. The molecule has 0 fully saturated rings. The van der Waals surface area contributed by atoms with Gasteiger partial charge in [0.15, 0.2) is 12.4 Å². The number of halogens is 2. The van der Waals surface area contributed by atoms with Crippen molar-refractivity contribution in [2.75, 3.05) is 11.9 Å². The van der Waals surface area contributed by atoms with Gasteiger partial charge in [-0.3, -0.25) is 14.2 Å². The molecule has 0 radical (unpaired) electrons. The Morgan fingerprint density at radius 3 is 2.81 bits per heavy atom. The molecule has 0 unspecified atom stereocenters. The molecule has 160 valence electrons. The van der Waals surface area contributed by atoms with Gasteiger partial charge in [0, 0.05) is 19.2 Å². The van der Waals surface area contributed by atoms with E-state index in [1.54, 1.807) is 10.6 Å². The van der Waals surface area contributed by atoms with Crippen molar-refractivity contribution in [2.45, 2.75) is 32.2 Å². The number of carbonyl (C=O) groups excluding carboxylic acids is 2. The second-order valence-electron chi connectivity index (χ2n) is 7.14. The van der Waals surface area contributed by atoms with Crippen molar-refractivity contribution in [3.8, 4) is 0 Å². The van der Waals surface area contributed by atoms with E-state index in [1.807, 2.05) is 0 Å². The van der Waals surface area contributed by atoms with Gasteiger partial charge in [0.05, 0.1) is 26.5 Å². The van der Waals surface area contributed by atoms with Crippen LogP contribution >= 0.6 is 23.2 Å². The Balaban J connectivity index is 1.47. The fourth-order valence-corrected chi connectivity index (χ4v) is 3.86. The molecule has 3 heterocycles. The Labute approximate surface area is 187 Å². The average Bonchev–Trinajstić information content (AvgIpc) is 2.99. The highest BCUT2D eigenvalue weighted by Crippen LogP contribution is 2.22. The molecular weight excluding hydrogens is 443 g/mol. The zero-order valence-corrected chi connectivity index (χ0v) is 17.9. The zero-order chi connectivity index (χ0) is 22.0. The molecule has 1 N–H and O–H groups in total. The fourth-order valence-electron chi connectivity index (χ4n) is 3.43. The molecule has 0 spiro atoms. The summed E-state index contributed by atoms with van der Waals surface area (Å²) in [4.78, 5) is 45.7. The SMILES string of the molecule is O=C(COC(=O)c1ccc2c(=O)n3c(nc2c1)CCCCC3)Nc1ncc(Cl)cc1Cl. The fraction of sp³-hybridized carbons (Fsp3) is 0.286. The van der Waals surface area contributed by atoms with Gasteiger partial charge in [0.2, 0.25) is 0 Å². The molecule has 8 nitrogen and oxygen atoms in total. The van der Waals surface area contributed by atoms with Crippen molar-refractivity contribution >= 4 is 51.8 Å². The standard InChI is InChI=1S/C21H18Cl2N4O4/c22-13-9-15(23)19(24-10-13)26-18(28)11-31-21(30)12-5-6-14-16(8-12)25-17-4-2-1-3-7-27(17)20(14)29/h5-6,8-10H,1-4,7,11H2,(H,24,26,28). The van der Waals surface area contributed by atoms with Crippen LogP contribution in [-0.2, 0) is 22.5 Å². The summed E-state index contributed by atoms with van der Waals surface area (Å²) in [6.07, 6.45) is 5.03. The lowest BCUT2D eigenvalue weighted by Crippen LogP contribution is -2.25. The molecule has 0 saturated carbocycles. The van der Waals surface area contributed by atoms with Crippen LogP contribution in [0.3, 0.4) is 0 Å². The Bertz CT molecular complexity index is 1240. The summed E-state index contributed by atoms with van der Waals surface area (Å²) in [5, 5.41) is 3.39. The number of anilines is 1. The lowest BCUT2D eigenvalue weighted by molar-refractivity contribution is -0.119. The molecular formula is C21H18Cl2N4O4. The maximum atomic E-state index is 12.8. The van der Waals surface area contributed by atoms with Crippen molar-refractivity contribution in [3.63, 3.8) is 0 Å². The molecule has 4 rings (SSSR count). The summed E-state index contributed by atoms with van der Waals surface area (Å²) in [7, 11) is 0. The van der Waals surface area contributed by atoms with Crippen molar-refractivity contribution in [1.29, 1.82) is 0 Å². The zero-order valence-electron chi connectivity index (χ0n) is 16.4. The Morgan fingerprint density at radius 1 is 1.16 bits per heavy atom. The number of nitrogens with zero attached hydrogens (tertiary/aromatic N) is 3. The molecule has 0 atom stereocenters. The number of aryl methyl sites for hydroxylation is 1. The molecule has 1 aliphatic heterocycles. The smallest absolute Gasteiger partial charge is 0.338 e. The number of aromatic nitrogens is 3. The number of pyridine rings is 1. The number of rotatable bonds is 4. The van der Waals surface area contributed by atoms with Crippen molar-refractivity contribution < 1.29 is 14.3 Å². The van der Waals surface area contributed by atoms with Gasteiger partial charge in [-0.15, -0.1) is 0 Å². The van der Waals surface area contributed by atoms with Crippen LogP contribution < -0.4 is 10.9 Å². The van der Waals surface area contributed by atoms with Crippen molar-refractivity contribution in [3.05, 3.63) is 62.2 Å². The van der Waals surface area contributed by atoms with Gasteiger partial charge >= 0.3 is 5.97 Å². The summed E-state index contributed by atoms with van der Waals surface area (Å²) in [5.41, 5.74) is 0.538. The normalized spacial score (nSPS) is 13.4. The number of nitrogens with one attached hydrogen (secondary N) is 1. The van der Waals surface area contributed by atoms with Gasteiger partial charge in [0.1, 0.15) is 5.82 Å². The third kappa shape index (κ3) is 4.70. The van der Waals surface area contributed by atoms with Gasteiger partial charge in [-0.2, -0.15) is 0 Å². The summed E-state index contributed by atoms with van der Waals surface area (Å²) < 4.78 is 6.79. The quantitative estimate of drug-likeness (QED) is 0.596. The van der Waals surface area contributed by atoms with Crippen LogP contribution in [0.15, 0.2) is 35.3 Å². The van der Waals surface area contributed by atoms with E-state index in [2.05, 4.69) is 15.3 Å². The minimum absolute atomic E-state index is 0.103. The maximum Gasteiger partial charge on any atom is 0.338 e. The predicted molar refractivity (Wildman–Crippen MR) is 117 cm³/mol. The summed E-state index contributed by atoms with van der Waals surface area (Å²) in [6.45, 7) is 0.125. The van der Waals surface area contributed by atoms with Gasteiger partial charge < -0.3 is 10.1 Å². The number of benzene rings is 1. The summed E-state index contributed by atoms with van der Waals surface area (Å²) >= 11 is 11.7. The van der Waals surface area contributed by atoms with E-state index in [0.717, 1.165) is 31.5 Å². The van der Waals surface area contributed by atoms with Crippen molar-refractivity contribution in [1.82, 2.24) is 14.5 Å². The Morgan fingerprint density at radius 2 is 2.00 bits per heavy atom. The van der Waals surface area contributed by atoms with Crippen LogP contribution in [-0.4, -0.2) is 33.0 Å². The third-order valence-corrected chi connectivity index (χ3v) is 5.45. The topological polar surface area (TPSA) is 103 Å². The predicted octanol–water partition coefficient (Wildman–Crippen LogP) is 3.62. The lowest BCUT2D eigenvalue weighted by Gasteiger charge is -2.11. The Kier molecular flexibility index (Phi) is 6.20. The van der Waals surface area contributed by atoms with Gasteiger partial charge in [-0.25, -0.2) is 14.8 Å². The first-order chi connectivity index (χ1) is 14.9. The Hall–Kier alpha value is -2.97. The van der Waals surface area contributed by atoms with E-state index in [9.17, 15) is 14.4 Å². The first kappa shape index (κ1) is 21.3. The van der Waals surface area contributed by atoms with E-state index < -0.39 is 18.5 Å². The van der Waals surface area contributed by atoms with E-state index >= 15 is 0 Å². The van der Waals surface area contributed by atoms with Crippen LogP contribution in [0.2, 0.25) is 10.0 Å². The second-order valence-corrected chi connectivity index (χ2v) is 7.98. The minimum Gasteiger partial charge on any atom is -0.452 e. The second kappa shape index (κ2) is 9.03. The molecule has 1 aromatic carbocycles. The number of hydrogen-bond acceptors (Lipinski definition) is 6. The molecule has 10 heteroatoms. The lowest BCUT2D eigenvalue weighted by atomic mass is 10.1. The van der Waals surface area contributed by atoms with Gasteiger partial charge in [-0.05, 0) is 37.1 Å². The van der Waals surface area contributed by atoms with Crippen LogP contribution in [0, 0.1) is 0 Å². The molecule has 0 bridgehead atoms. The first-order valence-electron chi connectivity index (χ1n) is 9.74. The highest BCUT2D eigenvalue weighted by Gasteiger charge is 2.17. The number of fused-ring (bicyclic) bond motifs is 2. The molecule has 1 amide bonds. The molecule has 3 aromatic rings. The third-order valence-electron chi connectivity index (χ3n) is 4.95. The van der Waals surface area contributed by atoms with E-state index in [4.69, 9.17) is 27.9 Å². The van der Waals surface area contributed by atoms with E-state index in [-0.39, 0.29) is 22.0 Å². The number of carbonyl (C=O) groups is 2. The number of ether oxygens (including phenoxy) is 1. The van der Waals surface area contributed by atoms with Crippen molar-refractivity contribution in [2.24, 2.45) is 0 Å². The molecule has 2 aromatic heterocycles. The monoisotopic (exact) mass is 460 g/mol. The van der Waals surface area contributed by atoms with Crippen LogP contribution in [0.25, 0.3) is 10.9 Å². The number of esters is 1. The summed E-state index contributed by atoms with van der Waals surface area (Å²) in [5.74, 6) is -0.466. The first-order valence-corrected chi connectivity index (χ1v) is 10.5. The molecule has 0 saturated heterocycles. The van der Waals surface area contributed by atoms with Gasteiger partial charge in [0.25, 0.3) is 11.5 Å². The molecule has 1 aliphatic rings. The van der Waals surface area contributed by atoms with Crippen LogP contribution in [0.5, 0.6) is 0 Å².